The first-order valence-corrected chi connectivity index (χ1v) is 17.6. The van der Waals surface area contributed by atoms with Crippen LogP contribution in [0.25, 0.3) is 0 Å². The largest absolute Gasteiger partial charge is 0.481 e. The van der Waals surface area contributed by atoms with E-state index in [2.05, 4.69) is 31.9 Å². The van der Waals surface area contributed by atoms with Gasteiger partial charge in [0.25, 0.3) is 0 Å². The van der Waals surface area contributed by atoms with Crippen molar-refractivity contribution in [2.75, 3.05) is 19.6 Å². The van der Waals surface area contributed by atoms with Gasteiger partial charge in [-0.25, -0.2) is 4.79 Å². The van der Waals surface area contributed by atoms with E-state index in [0.717, 1.165) is 13.8 Å². The van der Waals surface area contributed by atoms with E-state index in [4.69, 9.17) is 21.7 Å². The van der Waals surface area contributed by atoms with E-state index in [1.807, 2.05) is 5.32 Å². The van der Waals surface area contributed by atoms with Gasteiger partial charge in [0.15, 0.2) is 0 Å². The Balaban J connectivity index is 5.82. The Morgan fingerprint density at radius 1 is 0.536 bits per heavy atom. The average molecular weight is 806 g/mol. The van der Waals surface area contributed by atoms with Crippen molar-refractivity contribution in [3.8, 4) is 0 Å². The van der Waals surface area contributed by atoms with Crippen LogP contribution in [0.2, 0.25) is 0 Å². The molecule has 0 fully saturated rings. The third-order valence-corrected chi connectivity index (χ3v) is 7.87. The quantitative estimate of drug-likeness (QED) is 0.0344. The number of carboxylic acids is 3. The van der Waals surface area contributed by atoms with Crippen LogP contribution in [0.15, 0.2) is 0 Å². The fourth-order valence-electron chi connectivity index (χ4n) is 4.81. The molecule has 8 atom stereocenters. The van der Waals surface area contributed by atoms with Crippen molar-refractivity contribution in [2.45, 2.75) is 115 Å². The molecule has 0 saturated carbocycles. The van der Waals surface area contributed by atoms with Gasteiger partial charge in [0.2, 0.25) is 41.4 Å². The van der Waals surface area contributed by atoms with E-state index < -0.39 is 140 Å². The van der Waals surface area contributed by atoms with Gasteiger partial charge in [-0.15, -0.1) is 0 Å². The second kappa shape index (κ2) is 25.6. The summed E-state index contributed by atoms with van der Waals surface area (Å²) in [6, 6.07) is -9.55. The van der Waals surface area contributed by atoms with E-state index in [0.29, 0.717) is 6.42 Å². The fraction of sp³-hybridized carbons (Fsp3) is 0.688. The summed E-state index contributed by atoms with van der Waals surface area (Å²) < 4.78 is 0. The Morgan fingerprint density at radius 2 is 1.02 bits per heavy atom. The van der Waals surface area contributed by atoms with Gasteiger partial charge < -0.3 is 74.2 Å². The van der Waals surface area contributed by atoms with Crippen LogP contribution < -0.4 is 48.7 Å². The maximum Gasteiger partial charge on any atom is 0.326 e. The smallest absolute Gasteiger partial charge is 0.326 e. The van der Waals surface area contributed by atoms with Crippen LogP contribution in [-0.4, -0.2) is 153 Å². The molecule has 0 radical (unpaired) electrons. The van der Waals surface area contributed by atoms with Crippen LogP contribution >= 0.6 is 0 Å². The van der Waals surface area contributed by atoms with Crippen molar-refractivity contribution in [3.63, 3.8) is 0 Å². The molecule has 16 N–H and O–H groups in total. The number of carbonyl (C=O) groups is 10. The molecule has 0 unspecified atom stereocenters. The van der Waals surface area contributed by atoms with Crippen molar-refractivity contribution in [1.82, 2.24) is 37.2 Å². The van der Waals surface area contributed by atoms with E-state index in [1.54, 1.807) is 0 Å². The molecule has 0 aromatic heterocycles. The molecule has 0 aliphatic carbocycles. The Hall–Kier alpha value is -5.46. The average Bonchev–Trinajstić information content (AvgIpc) is 3.10. The van der Waals surface area contributed by atoms with Crippen molar-refractivity contribution < 1.29 is 73.5 Å². The van der Waals surface area contributed by atoms with Crippen molar-refractivity contribution in [2.24, 2.45) is 17.4 Å². The number of unbranched alkanes of at least 4 members (excludes halogenated alkanes) is 1. The first-order chi connectivity index (χ1) is 26.0. The maximum absolute atomic E-state index is 13.2. The lowest BCUT2D eigenvalue weighted by atomic mass is 10.0. The summed E-state index contributed by atoms with van der Waals surface area (Å²) in [6.45, 7) is 4.23. The van der Waals surface area contributed by atoms with Crippen LogP contribution in [0.3, 0.4) is 0 Å². The lowest BCUT2D eigenvalue weighted by Crippen LogP contribution is -2.61. The number of aliphatic hydroxyl groups excluding tert-OH is 2. The molecular weight excluding hydrogens is 750 g/mol. The number of hydrogen-bond donors (Lipinski definition) is 14. The zero-order chi connectivity index (χ0) is 43.3. The number of carbonyl (C=O) groups excluding carboxylic acids is 7. The molecule has 0 aliphatic rings. The molecule has 318 valence electrons. The summed E-state index contributed by atoms with van der Waals surface area (Å²) in [4.78, 5) is 123. The molecule has 0 bridgehead atoms. The van der Waals surface area contributed by atoms with E-state index >= 15 is 0 Å². The normalized spacial score (nSPS) is 15.2. The fourth-order valence-corrected chi connectivity index (χ4v) is 4.81. The molecule has 0 saturated heterocycles. The second-order valence-corrected chi connectivity index (χ2v) is 13.1. The summed E-state index contributed by atoms with van der Waals surface area (Å²) in [7, 11) is 0. The van der Waals surface area contributed by atoms with E-state index in [1.165, 1.54) is 13.8 Å². The summed E-state index contributed by atoms with van der Waals surface area (Å²) in [5.41, 5.74) is 10.8. The SMILES string of the molecule is CC(C)[C@H](NC(=O)[C@@H](NC(=O)[C@H](CCC(=O)O)NC(=O)CN)[C@@H](C)O)C(=O)NCC(=O)N[C@@H](CCCCN)C(=O)N[C@H](C(=O)N[C@@H](CC(=O)O)C(=O)O)[C@@H](C)O. The minimum atomic E-state index is -1.89. The summed E-state index contributed by atoms with van der Waals surface area (Å²) in [5, 5.41) is 63.3. The van der Waals surface area contributed by atoms with Crippen LogP contribution in [0, 0.1) is 5.92 Å². The number of aliphatic carboxylic acids is 3. The molecule has 7 amide bonds. The van der Waals surface area contributed by atoms with E-state index in [9.17, 15) is 63.3 Å². The molecule has 24 heteroatoms. The highest BCUT2D eigenvalue weighted by molar-refractivity contribution is 5.97. The highest BCUT2D eigenvalue weighted by Gasteiger charge is 2.35. The minimum absolute atomic E-state index is 0.0438. The topological polar surface area (TPSA) is 408 Å². The summed E-state index contributed by atoms with van der Waals surface area (Å²) >= 11 is 0. The maximum atomic E-state index is 13.2. The predicted molar refractivity (Wildman–Crippen MR) is 192 cm³/mol. The highest BCUT2D eigenvalue weighted by Crippen LogP contribution is 2.07. The van der Waals surface area contributed by atoms with Crippen molar-refractivity contribution in [1.29, 1.82) is 0 Å². The van der Waals surface area contributed by atoms with Crippen LogP contribution in [0.4, 0.5) is 0 Å². The molecule has 0 aromatic carbocycles. The standard InChI is InChI=1S/C32H55N9O15/c1-14(2)24(39-31(54)26(16(4)43)41-28(51)18(8-9-22(46)47)36-20(44)12-34)29(52)35-13-21(45)37-17(7-5-6-10-33)27(50)40-25(15(3)42)30(53)38-19(32(55)56)11-23(48)49/h14-19,24-26,42-43H,5-13,33-34H2,1-4H3,(H,35,52)(H,36,44)(H,37,45)(H,38,53)(H,39,54)(H,40,50)(H,41,51)(H,46,47)(H,48,49)(H,55,56)/t15-,16-,17+,18+,19+,24+,25+,26+/m1/s1. The zero-order valence-corrected chi connectivity index (χ0v) is 31.5. The van der Waals surface area contributed by atoms with Gasteiger partial charge in [-0.1, -0.05) is 13.8 Å². The minimum Gasteiger partial charge on any atom is -0.481 e. The molecule has 56 heavy (non-hydrogen) atoms. The van der Waals surface area contributed by atoms with Gasteiger partial charge in [-0.05, 0) is 52.0 Å². The number of rotatable bonds is 27. The van der Waals surface area contributed by atoms with Crippen LogP contribution in [-0.2, 0) is 47.9 Å². The lowest BCUT2D eigenvalue weighted by Gasteiger charge is -2.28. The van der Waals surface area contributed by atoms with Gasteiger partial charge in [0.1, 0.15) is 36.3 Å². The third kappa shape index (κ3) is 19.2. The second-order valence-electron chi connectivity index (χ2n) is 13.1. The Labute approximate surface area is 321 Å². The van der Waals surface area contributed by atoms with Gasteiger partial charge in [0, 0.05) is 6.42 Å². The predicted octanol–water partition coefficient (Wildman–Crippen LogP) is -6.06. The first kappa shape index (κ1) is 50.5. The molecule has 0 aliphatic heterocycles. The monoisotopic (exact) mass is 805 g/mol. The summed E-state index contributed by atoms with van der Waals surface area (Å²) in [5.74, 6) is -12.1. The number of nitrogens with two attached hydrogens (primary N) is 2. The zero-order valence-electron chi connectivity index (χ0n) is 31.5. The summed E-state index contributed by atoms with van der Waals surface area (Å²) in [6.07, 6.45) is -4.45. The van der Waals surface area contributed by atoms with Gasteiger partial charge in [-0.3, -0.25) is 43.2 Å². The first-order valence-electron chi connectivity index (χ1n) is 17.6. The van der Waals surface area contributed by atoms with E-state index in [-0.39, 0.29) is 25.8 Å². The Bertz CT molecular complexity index is 1410. The number of carboxylic acid groups (broad SMARTS) is 3. The molecule has 24 nitrogen and oxygen atoms in total. The number of amides is 7. The van der Waals surface area contributed by atoms with Crippen molar-refractivity contribution in [3.05, 3.63) is 0 Å². The molecular formula is C32H55N9O15. The van der Waals surface area contributed by atoms with Gasteiger partial charge in [-0.2, -0.15) is 0 Å². The van der Waals surface area contributed by atoms with Crippen molar-refractivity contribution >= 4 is 59.3 Å². The molecule has 0 spiro atoms. The lowest BCUT2D eigenvalue weighted by molar-refractivity contribution is -0.148. The molecule has 0 heterocycles. The molecule has 0 rings (SSSR count). The van der Waals surface area contributed by atoms with Crippen LogP contribution in [0.1, 0.15) is 66.2 Å². The third-order valence-electron chi connectivity index (χ3n) is 7.87. The molecule has 0 aromatic rings. The number of hydrogen-bond acceptors (Lipinski definition) is 14. The van der Waals surface area contributed by atoms with Gasteiger partial charge >= 0.3 is 17.9 Å². The number of nitrogens with one attached hydrogen (secondary N) is 7. The van der Waals surface area contributed by atoms with Gasteiger partial charge in [0.05, 0.1) is 31.7 Å². The van der Waals surface area contributed by atoms with Crippen LogP contribution in [0.5, 0.6) is 0 Å². The number of aliphatic hydroxyl groups is 2. The Kier molecular flexibility index (Phi) is 23.1. The Morgan fingerprint density at radius 3 is 1.45 bits per heavy atom. The highest BCUT2D eigenvalue weighted by atomic mass is 16.4.